The molecule has 1 aliphatic carbocycles. The van der Waals surface area contributed by atoms with Crippen molar-refractivity contribution >= 4 is 27.8 Å². The van der Waals surface area contributed by atoms with Gasteiger partial charge in [-0.05, 0) is 37.5 Å². The van der Waals surface area contributed by atoms with E-state index in [-0.39, 0.29) is 12.3 Å². The number of carbonyl (C=O) groups excluding carboxylic acids is 1. The molecule has 0 spiro atoms. The summed E-state index contributed by atoms with van der Waals surface area (Å²) in [4.78, 5) is 23.6. The number of aliphatic carboxylic acids is 1. The van der Waals surface area contributed by atoms with E-state index >= 15 is 0 Å². The number of carboxylic acids is 1. The fourth-order valence-corrected chi connectivity index (χ4v) is 3.52. The Morgan fingerprint density at radius 2 is 2.19 bits per heavy atom. The normalized spacial score (nSPS) is 25.3. The van der Waals surface area contributed by atoms with Gasteiger partial charge in [0.25, 0.3) is 0 Å². The molecule has 0 aliphatic heterocycles. The zero-order valence-corrected chi connectivity index (χ0v) is 13.6. The quantitative estimate of drug-likeness (QED) is 0.873. The Kier molecular flexibility index (Phi) is 5.04. The van der Waals surface area contributed by atoms with Crippen molar-refractivity contribution < 1.29 is 14.7 Å². The molecule has 5 heteroatoms. The van der Waals surface area contributed by atoms with Crippen LogP contribution in [0.25, 0.3) is 0 Å². The van der Waals surface area contributed by atoms with E-state index in [1.807, 2.05) is 31.2 Å². The third kappa shape index (κ3) is 4.06. The van der Waals surface area contributed by atoms with Crippen molar-refractivity contribution in [2.75, 3.05) is 0 Å². The van der Waals surface area contributed by atoms with Crippen molar-refractivity contribution in [3.63, 3.8) is 0 Å². The number of carboxylic acid groups (broad SMARTS) is 1. The standard InChI is InChI=1S/C16H20BrNO3/c1-16(8-3-2-7-13(16)15(20)21)18-14(19)10-11-5-4-6-12(17)9-11/h4-6,9,13H,2-3,7-8,10H2,1H3,(H,18,19)(H,20,21). The van der Waals surface area contributed by atoms with Crippen LogP contribution in [0.5, 0.6) is 0 Å². The molecule has 0 aromatic heterocycles. The Bertz CT molecular complexity index is 546. The Morgan fingerprint density at radius 3 is 2.86 bits per heavy atom. The number of rotatable bonds is 4. The second-order valence-electron chi connectivity index (χ2n) is 5.91. The maximum Gasteiger partial charge on any atom is 0.308 e. The van der Waals surface area contributed by atoms with Gasteiger partial charge in [0.15, 0.2) is 0 Å². The summed E-state index contributed by atoms with van der Waals surface area (Å²) >= 11 is 3.38. The van der Waals surface area contributed by atoms with Crippen LogP contribution in [-0.4, -0.2) is 22.5 Å². The number of hydrogen-bond donors (Lipinski definition) is 2. The van der Waals surface area contributed by atoms with Crippen molar-refractivity contribution in [1.82, 2.24) is 5.32 Å². The molecule has 1 amide bonds. The van der Waals surface area contributed by atoms with E-state index in [9.17, 15) is 14.7 Å². The molecule has 0 bridgehead atoms. The Balaban J connectivity index is 2.04. The average molecular weight is 354 g/mol. The molecule has 21 heavy (non-hydrogen) atoms. The van der Waals surface area contributed by atoms with Gasteiger partial charge in [-0.15, -0.1) is 0 Å². The molecule has 2 atom stereocenters. The fourth-order valence-electron chi connectivity index (χ4n) is 3.07. The summed E-state index contributed by atoms with van der Waals surface area (Å²) in [5, 5.41) is 12.3. The summed E-state index contributed by atoms with van der Waals surface area (Å²) in [5.74, 6) is -1.44. The van der Waals surface area contributed by atoms with Gasteiger partial charge in [-0.1, -0.05) is 40.9 Å². The monoisotopic (exact) mass is 353 g/mol. The Hall–Kier alpha value is -1.36. The van der Waals surface area contributed by atoms with E-state index in [1.165, 1.54) is 0 Å². The molecule has 4 nitrogen and oxygen atoms in total. The van der Waals surface area contributed by atoms with Gasteiger partial charge in [0.2, 0.25) is 5.91 Å². The maximum atomic E-state index is 12.2. The minimum Gasteiger partial charge on any atom is -0.481 e. The summed E-state index contributed by atoms with van der Waals surface area (Å²) in [6.07, 6.45) is 3.48. The van der Waals surface area contributed by atoms with Crippen molar-refractivity contribution in [1.29, 1.82) is 0 Å². The molecular weight excluding hydrogens is 334 g/mol. The second-order valence-corrected chi connectivity index (χ2v) is 6.82. The highest BCUT2D eigenvalue weighted by atomic mass is 79.9. The van der Waals surface area contributed by atoms with Crippen LogP contribution in [-0.2, 0) is 16.0 Å². The molecule has 114 valence electrons. The zero-order chi connectivity index (χ0) is 15.5. The first-order chi connectivity index (χ1) is 9.90. The highest BCUT2D eigenvalue weighted by molar-refractivity contribution is 9.10. The van der Waals surface area contributed by atoms with Crippen LogP contribution in [0.3, 0.4) is 0 Å². The van der Waals surface area contributed by atoms with Crippen LogP contribution < -0.4 is 5.32 Å². The highest BCUT2D eigenvalue weighted by Gasteiger charge is 2.42. The SMILES string of the molecule is CC1(NC(=O)Cc2cccc(Br)c2)CCCCC1C(=O)O. The lowest BCUT2D eigenvalue weighted by Gasteiger charge is -2.39. The van der Waals surface area contributed by atoms with Gasteiger partial charge in [-0.2, -0.15) is 0 Å². The first kappa shape index (κ1) is 16.0. The number of benzene rings is 1. The molecule has 2 unspecified atom stereocenters. The average Bonchev–Trinajstić information content (AvgIpc) is 2.37. The summed E-state index contributed by atoms with van der Waals surface area (Å²) < 4.78 is 0.931. The Morgan fingerprint density at radius 1 is 1.43 bits per heavy atom. The maximum absolute atomic E-state index is 12.2. The molecule has 2 rings (SSSR count). The first-order valence-corrected chi connectivity index (χ1v) is 7.98. The number of nitrogens with one attached hydrogen (secondary N) is 1. The van der Waals surface area contributed by atoms with Gasteiger partial charge >= 0.3 is 5.97 Å². The summed E-state index contributed by atoms with van der Waals surface area (Å²) in [5.41, 5.74) is 0.265. The van der Waals surface area contributed by atoms with E-state index in [0.717, 1.165) is 22.9 Å². The molecule has 1 saturated carbocycles. The first-order valence-electron chi connectivity index (χ1n) is 7.19. The molecule has 0 radical (unpaired) electrons. The van der Waals surface area contributed by atoms with E-state index < -0.39 is 17.4 Å². The highest BCUT2D eigenvalue weighted by Crippen LogP contribution is 2.33. The van der Waals surface area contributed by atoms with Crippen molar-refractivity contribution in [3.05, 3.63) is 34.3 Å². The summed E-state index contributed by atoms with van der Waals surface area (Å²) in [7, 11) is 0. The third-order valence-corrected chi connectivity index (χ3v) is 4.68. The number of amides is 1. The smallest absolute Gasteiger partial charge is 0.308 e. The Labute approximate surface area is 133 Å². The lowest BCUT2D eigenvalue weighted by atomic mass is 9.74. The molecule has 0 heterocycles. The van der Waals surface area contributed by atoms with Crippen molar-refractivity contribution in [2.24, 2.45) is 5.92 Å². The van der Waals surface area contributed by atoms with E-state index in [4.69, 9.17) is 0 Å². The van der Waals surface area contributed by atoms with Gasteiger partial charge in [-0.25, -0.2) is 0 Å². The van der Waals surface area contributed by atoms with Crippen LogP contribution >= 0.6 is 15.9 Å². The number of hydrogen-bond acceptors (Lipinski definition) is 2. The number of carbonyl (C=O) groups is 2. The zero-order valence-electron chi connectivity index (χ0n) is 12.1. The summed E-state index contributed by atoms with van der Waals surface area (Å²) in [6.45, 7) is 1.85. The van der Waals surface area contributed by atoms with Crippen LogP contribution in [0.2, 0.25) is 0 Å². The fraction of sp³-hybridized carbons (Fsp3) is 0.500. The lowest BCUT2D eigenvalue weighted by molar-refractivity contribution is -0.146. The summed E-state index contributed by atoms with van der Waals surface area (Å²) in [6, 6.07) is 7.58. The molecule has 2 N–H and O–H groups in total. The minimum absolute atomic E-state index is 0.122. The molecule has 1 aliphatic rings. The van der Waals surface area contributed by atoms with Crippen LogP contribution in [0.4, 0.5) is 0 Å². The largest absolute Gasteiger partial charge is 0.481 e. The third-order valence-electron chi connectivity index (χ3n) is 4.18. The van der Waals surface area contributed by atoms with E-state index in [0.29, 0.717) is 12.8 Å². The van der Waals surface area contributed by atoms with Crippen molar-refractivity contribution in [3.8, 4) is 0 Å². The van der Waals surface area contributed by atoms with E-state index in [2.05, 4.69) is 21.2 Å². The topological polar surface area (TPSA) is 66.4 Å². The molecular formula is C16H20BrNO3. The predicted octanol–water partition coefficient (Wildman–Crippen LogP) is 3.14. The van der Waals surface area contributed by atoms with Gasteiger partial charge in [0.05, 0.1) is 17.9 Å². The predicted molar refractivity (Wildman–Crippen MR) is 84.0 cm³/mol. The molecule has 1 aromatic carbocycles. The molecule has 0 saturated heterocycles. The minimum atomic E-state index is -0.819. The van der Waals surface area contributed by atoms with Crippen LogP contribution in [0.15, 0.2) is 28.7 Å². The van der Waals surface area contributed by atoms with Gasteiger partial charge in [0, 0.05) is 4.47 Å². The lowest BCUT2D eigenvalue weighted by Crippen LogP contribution is -2.55. The van der Waals surface area contributed by atoms with Crippen LogP contribution in [0, 0.1) is 5.92 Å². The second kappa shape index (κ2) is 6.60. The van der Waals surface area contributed by atoms with Crippen molar-refractivity contribution in [2.45, 2.75) is 44.6 Å². The molecule has 1 fully saturated rings. The van der Waals surface area contributed by atoms with Gasteiger partial charge in [-0.3, -0.25) is 9.59 Å². The molecule has 1 aromatic rings. The number of halogens is 1. The van der Waals surface area contributed by atoms with Gasteiger partial charge in [0.1, 0.15) is 0 Å². The van der Waals surface area contributed by atoms with Crippen LogP contribution in [0.1, 0.15) is 38.2 Å². The van der Waals surface area contributed by atoms with E-state index in [1.54, 1.807) is 0 Å². The van der Waals surface area contributed by atoms with Gasteiger partial charge < -0.3 is 10.4 Å².